The minimum atomic E-state index is -0.988. The Bertz CT molecular complexity index is 1390. The molecule has 4 rings (SSSR count). The number of carboxylic acid groups (broad SMARTS) is 2. The van der Waals surface area contributed by atoms with Gasteiger partial charge in [0.2, 0.25) is 11.8 Å². The van der Waals surface area contributed by atoms with Gasteiger partial charge in [-0.15, -0.1) is 0 Å². The summed E-state index contributed by atoms with van der Waals surface area (Å²) >= 11 is 0. The average Bonchev–Trinajstić information content (AvgIpc) is 3.60. The second kappa shape index (κ2) is 13.8. The lowest BCUT2D eigenvalue weighted by Gasteiger charge is -2.17. The second-order valence-electron chi connectivity index (χ2n) is 11.4. The number of rotatable bonds is 14. The summed E-state index contributed by atoms with van der Waals surface area (Å²) in [5.41, 5.74) is 5.13. The molecule has 0 bridgehead atoms. The highest BCUT2D eigenvalue weighted by Gasteiger charge is 2.29. The number of unbranched alkanes of at least 4 members (excludes halogenated alkanes) is 1. The van der Waals surface area contributed by atoms with Crippen molar-refractivity contribution in [1.29, 1.82) is 0 Å². The van der Waals surface area contributed by atoms with Gasteiger partial charge >= 0.3 is 11.9 Å². The zero-order valence-electron chi connectivity index (χ0n) is 25.2. The van der Waals surface area contributed by atoms with Gasteiger partial charge in [-0.3, -0.25) is 19.2 Å². The van der Waals surface area contributed by atoms with E-state index in [1.54, 1.807) is 30.9 Å². The summed E-state index contributed by atoms with van der Waals surface area (Å²) in [5, 5.41) is 18.3. The Labute approximate surface area is 251 Å². The molecule has 0 saturated carbocycles. The molecule has 11 heteroatoms. The molecule has 11 nitrogen and oxygen atoms in total. The number of carbonyl (C=O) groups is 4. The zero-order valence-corrected chi connectivity index (χ0v) is 25.2. The number of amides is 2. The molecule has 0 unspecified atom stereocenters. The number of aliphatic carboxylic acids is 2. The van der Waals surface area contributed by atoms with Gasteiger partial charge in [-0.2, -0.15) is 0 Å². The second-order valence-corrected chi connectivity index (χ2v) is 11.4. The third-order valence-corrected chi connectivity index (χ3v) is 8.17. The molecule has 2 heterocycles. The number of methoxy groups -OCH3 is 2. The van der Waals surface area contributed by atoms with Gasteiger partial charge in [0.05, 0.1) is 32.7 Å². The molecule has 0 spiro atoms. The fraction of sp³-hybridized carbons (Fsp3) is 0.500. The molecule has 2 N–H and O–H groups in total. The molecule has 0 fully saturated rings. The molecule has 232 valence electrons. The number of carbonyl (C=O) groups excluding carboxylic acids is 2. The molecule has 2 aromatic rings. The number of benzene rings is 2. The van der Waals surface area contributed by atoms with Gasteiger partial charge in [0, 0.05) is 39.0 Å². The highest BCUT2D eigenvalue weighted by Crippen LogP contribution is 2.36. The summed E-state index contributed by atoms with van der Waals surface area (Å²) < 4.78 is 17.1. The predicted octanol–water partition coefficient (Wildman–Crippen LogP) is 4.01. The summed E-state index contributed by atoms with van der Waals surface area (Å²) in [7, 11) is 3.18. The number of aryl methyl sites for hydroxylation is 1. The third-order valence-electron chi connectivity index (χ3n) is 8.17. The minimum absolute atomic E-state index is 0.0302. The van der Waals surface area contributed by atoms with Gasteiger partial charge in [-0.25, -0.2) is 0 Å². The summed E-state index contributed by atoms with van der Waals surface area (Å²) in [5.74, 6) is -1.90. The number of hydrogen-bond acceptors (Lipinski definition) is 7. The van der Waals surface area contributed by atoms with Crippen LogP contribution in [0.15, 0.2) is 24.3 Å². The molecule has 2 aliphatic rings. The zero-order chi connectivity index (χ0) is 31.3. The van der Waals surface area contributed by atoms with E-state index in [-0.39, 0.29) is 24.7 Å². The van der Waals surface area contributed by atoms with Crippen molar-refractivity contribution in [2.75, 3.05) is 20.8 Å². The van der Waals surface area contributed by atoms with Crippen LogP contribution >= 0.6 is 0 Å². The van der Waals surface area contributed by atoms with Gasteiger partial charge in [-0.05, 0) is 71.3 Å². The average molecular weight is 597 g/mol. The van der Waals surface area contributed by atoms with E-state index in [0.717, 1.165) is 52.8 Å². The van der Waals surface area contributed by atoms with Crippen LogP contribution in [0.25, 0.3) is 0 Å². The van der Waals surface area contributed by atoms with E-state index in [0.29, 0.717) is 44.3 Å². The third kappa shape index (κ3) is 7.57. The maximum Gasteiger partial charge on any atom is 0.306 e. The molecular weight excluding hydrogens is 556 g/mol. The van der Waals surface area contributed by atoms with Crippen LogP contribution in [0.3, 0.4) is 0 Å². The number of fused-ring (bicyclic) bond motifs is 2. The van der Waals surface area contributed by atoms with Gasteiger partial charge in [0.15, 0.2) is 11.5 Å². The number of ether oxygens (including phenoxy) is 3. The van der Waals surface area contributed by atoms with Crippen molar-refractivity contribution in [2.24, 2.45) is 11.8 Å². The van der Waals surface area contributed by atoms with Crippen LogP contribution in [0.5, 0.6) is 17.2 Å². The minimum Gasteiger partial charge on any atom is -0.497 e. The molecule has 0 saturated heterocycles. The van der Waals surface area contributed by atoms with Crippen molar-refractivity contribution in [3.63, 3.8) is 0 Å². The van der Waals surface area contributed by atoms with Crippen LogP contribution in [0.2, 0.25) is 0 Å². The molecule has 2 aromatic carbocycles. The lowest BCUT2D eigenvalue weighted by Crippen LogP contribution is -2.28. The van der Waals surface area contributed by atoms with Crippen LogP contribution in [0, 0.1) is 11.8 Å². The smallest absolute Gasteiger partial charge is 0.306 e. The summed E-state index contributed by atoms with van der Waals surface area (Å²) in [6.07, 6.45) is 2.29. The van der Waals surface area contributed by atoms with Crippen LogP contribution in [-0.2, 0) is 51.8 Å². The molecule has 2 aliphatic heterocycles. The van der Waals surface area contributed by atoms with Crippen LogP contribution < -0.4 is 14.2 Å². The fourth-order valence-corrected chi connectivity index (χ4v) is 5.49. The highest BCUT2D eigenvalue weighted by molar-refractivity contribution is 5.83. The molecule has 2 atom stereocenters. The first-order chi connectivity index (χ1) is 20.5. The van der Waals surface area contributed by atoms with Gasteiger partial charge < -0.3 is 34.2 Å². The first-order valence-electron chi connectivity index (χ1n) is 14.5. The Morgan fingerprint density at radius 1 is 0.744 bits per heavy atom. The van der Waals surface area contributed by atoms with E-state index in [2.05, 4.69) is 0 Å². The van der Waals surface area contributed by atoms with Crippen molar-refractivity contribution in [3.05, 3.63) is 52.1 Å². The SMILES string of the molecule is COc1cc(CCCCOc2cc3c(cc2OC)CN(C(=O)C[C@H](C)C(=O)O)C3)c2c(c1)CN(C(=O)C[C@H](C)C(=O)O)C2. The standard InChI is InChI=1S/C32H40N2O9/c1-19(31(37)38)9-29(35)33-15-22-13-27(42-4)28(14-23(22)16-33)43-8-6-5-7-21-11-25(41-3)12-24-17-34(18-26(21)24)30(36)10-20(2)32(39)40/h11-14,19-20H,5-10,15-18H2,1-4H3,(H,37,38)(H,39,40)/t19-,20-/m0/s1. The van der Waals surface area contributed by atoms with Gasteiger partial charge in [0.25, 0.3) is 0 Å². The van der Waals surface area contributed by atoms with Crippen LogP contribution in [0.4, 0.5) is 0 Å². The van der Waals surface area contributed by atoms with E-state index in [4.69, 9.17) is 19.3 Å². The van der Waals surface area contributed by atoms with E-state index >= 15 is 0 Å². The predicted molar refractivity (Wildman–Crippen MR) is 156 cm³/mol. The van der Waals surface area contributed by atoms with E-state index < -0.39 is 23.8 Å². The van der Waals surface area contributed by atoms with Crippen molar-refractivity contribution in [1.82, 2.24) is 9.80 Å². The van der Waals surface area contributed by atoms with Gasteiger partial charge in [0.1, 0.15) is 5.75 Å². The molecular formula is C32H40N2O9. The Morgan fingerprint density at radius 2 is 1.30 bits per heavy atom. The monoisotopic (exact) mass is 596 g/mol. The Morgan fingerprint density at radius 3 is 1.86 bits per heavy atom. The number of hydrogen-bond donors (Lipinski definition) is 2. The maximum atomic E-state index is 12.7. The topological polar surface area (TPSA) is 143 Å². The van der Waals surface area contributed by atoms with Gasteiger partial charge in [-0.1, -0.05) is 13.8 Å². The molecule has 0 aliphatic carbocycles. The van der Waals surface area contributed by atoms with Crippen LogP contribution in [0.1, 0.15) is 67.3 Å². The van der Waals surface area contributed by atoms with E-state index in [9.17, 15) is 24.3 Å². The lowest BCUT2D eigenvalue weighted by atomic mass is 9.98. The molecule has 43 heavy (non-hydrogen) atoms. The van der Waals surface area contributed by atoms with Crippen molar-refractivity contribution in [3.8, 4) is 17.2 Å². The number of nitrogens with zero attached hydrogens (tertiary/aromatic N) is 2. The van der Waals surface area contributed by atoms with Crippen LogP contribution in [-0.4, -0.2) is 64.6 Å². The molecule has 0 aromatic heterocycles. The first-order valence-corrected chi connectivity index (χ1v) is 14.5. The van der Waals surface area contributed by atoms with E-state index in [1.807, 2.05) is 24.3 Å². The summed E-state index contributed by atoms with van der Waals surface area (Å²) in [6, 6.07) is 7.72. The number of carboxylic acids is 2. The fourth-order valence-electron chi connectivity index (χ4n) is 5.49. The largest absolute Gasteiger partial charge is 0.497 e. The highest BCUT2D eigenvalue weighted by atomic mass is 16.5. The Hall–Kier alpha value is -4.28. The normalized spacial score (nSPS) is 15.0. The molecule has 2 amide bonds. The first kappa shape index (κ1) is 31.7. The van der Waals surface area contributed by atoms with E-state index in [1.165, 1.54) is 6.92 Å². The summed E-state index contributed by atoms with van der Waals surface area (Å²) in [4.78, 5) is 51.1. The van der Waals surface area contributed by atoms with Crippen molar-refractivity contribution in [2.45, 2.75) is 72.1 Å². The summed E-state index contributed by atoms with van der Waals surface area (Å²) in [6.45, 7) is 5.23. The molecule has 0 radical (unpaired) electrons. The maximum absolute atomic E-state index is 12.7. The van der Waals surface area contributed by atoms with Crippen molar-refractivity contribution >= 4 is 23.8 Å². The Kier molecular flexibility index (Phi) is 10.2. The lowest BCUT2D eigenvalue weighted by molar-refractivity contribution is -0.145. The van der Waals surface area contributed by atoms with Crippen molar-refractivity contribution < 1.29 is 43.6 Å². The Balaban J connectivity index is 1.32. The quantitative estimate of drug-likeness (QED) is 0.309.